The van der Waals surface area contributed by atoms with Crippen molar-refractivity contribution in [2.24, 2.45) is 0 Å². The van der Waals surface area contributed by atoms with E-state index in [1.165, 1.54) is 18.3 Å². The fourth-order valence-corrected chi connectivity index (χ4v) is 3.06. The van der Waals surface area contributed by atoms with E-state index in [2.05, 4.69) is 10.6 Å². The summed E-state index contributed by atoms with van der Waals surface area (Å²) in [6.07, 6.45) is -1.07. The van der Waals surface area contributed by atoms with Gasteiger partial charge < -0.3 is 10.1 Å². The van der Waals surface area contributed by atoms with Gasteiger partial charge in [0.25, 0.3) is 5.91 Å². The molecule has 0 bridgehead atoms. The molecule has 0 unspecified atom stereocenters. The third-order valence-corrected chi connectivity index (χ3v) is 4.41. The van der Waals surface area contributed by atoms with Gasteiger partial charge in [0.1, 0.15) is 0 Å². The number of carbonyl (C=O) groups excluding carboxylic acids is 3. The molecular weight excluding hydrogens is 340 g/mol. The van der Waals surface area contributed by atoms with E-state index in [0.29, 0.717) is 12.1 Å². The number of thiophene rings is 1. The number of aryl methyl sites for hydroxylation is 2. The van der Waals surface area contributed by atoms with Gasteiger partial charge in [0.05, 0.1) is 5.56 Å². The summed E-state index contributed by atoms with van der Waals surface area (Å²) in [5, 5.41) is 4.74. The van der Waals surface area contributed by atoms with Crippen molar-refractivity contribution in [2.45, 2.75) is 33.4 Å². The molecule has 2 rings (SSSR count). The number of hydrogen-bond acceptors (Lipinski definition) is 5. The molecule has 1 atom stereocenters. The van der Waals surface area contributed by atoms with Crippen LogP contribution in [0.1, 0.15) is 32.6 Å². The summed E-state index contributed by atoms with van der Waals surface area (Å²) in [6, 6.07) is 10.4. The van der Waals surface area contributed by atoms with Crippen LogP contribution < -0.4 is 10.6 Å². The summed E-state index contributed by atoms with van der Waals surface area (Å²) in [4.78, 5) is 37.6. The Kier molecular flexibility index (Phi) is 6.30. The molecule has 0 radical (unpaired) electrons. The minimum atomic E-state index is -1.07. The first kappa shape index (κ1) is 18.7. The Balaban J connectivity index is 1.82. The van der Waals surface area contributed by atoms with Gasteiger partial charge in [-0.3, -0.25) is 10.1 Å². The third-order valence-electron chi connectivity index (χ3n) is 3.45. The topological polar surface area (TPSA) is 84.5 Å². The number of imide groups is 1. The molecule has 1 aromatic carbocycles. The monoisotopic (exact) mass is 360 g/mol. The second-order valence-corrected chi connectivity index (χ2v) is 6.99. The van der Waals surface area contributed by atoms with E-state index in [9.17, 15) is 14.4 Å². The van der Waals surface area contributed by atoms with Crippen LogP contribution in [-0.4, -0.2) is 24.0 Å². The number of urea groups is 1. The molecular formula is C18H20N2O4S. The van der Waals surface area contributed by atoms with E-state index < -0.39 is 24.0 Å². The average Bonchev–Trinajstić information content (AvgIpc) is 2.92. The van der Waals surface area contributed by atoms with Gasteiger partial charge in [-0.15, -0.1) is 11.3 Å². The molecule has 1 aromatic heterocycles. The van der Waals surface area contributed by atoms with Gasteiger partial charge in [-0.25, -0.2) is 9.59 Å². The summed E-state index contributed by atoms with van der Waals surface area (Å²) in [5.74, 6) is -1.25. The number of hydrogen-bond donors (Lipinski definition) is 2. The molecule has 7 heteroatoms. The molecule has 0 aliphatic carbocycles. The molecule has 0 aliphatic heterocycles. The van der Waals surface area contributed by atoms with Crippen LogP contribution in [-0.2, 0) is 16.1 Å². The molecule has 3 amide bonds. The highest BCUT2D eigenvalue weighted by Gasteiger charge is 2.22. The lowest BCUT2D eigenvalue weighted by Gasteiger charge is -2.13. The van der Waals surface area contributed by atoms with Crippen molar-refractivity contribution in [1.82, 2.24) is 10.6 Å². The van der Waals surface area contributed by atoms with Gasteiger partial charge >= 0.3 is 12.0 Å². The Morgan fingerprint density at radius 1 is 1.16 bits per heavy atom. The molecule has 0 spiro atoms. The SMILES string of the molecule is Cc1cc(C(=O)O[C@@H](C)C(=O)NC(=O)NCc2ccccc2)c(C)s1. The van der Waals surface area contributed by atoms with E-state index in [-0.39, 0.29) is 0 Å². The van der Waals surface area contributed by atoms with Crippen molar-refractivity contribution in [3.63, 3.8) is 0 Å². The van der Waals surface area contributed by atoms with Crippen molar-refractivity contribution in [3.8, 4) is 0 Å². The maximum absolute atomic E-state index is 12.1. The Labute approximate surface area is 150 Å². The minimum Gasteiger partial charge on any atom is -0.449 e. The van der Waals surface area contributed by atoms with Crippen LogP contribution in [0, 0.1) is 13.8 Å². The quantitative estimate of drug-likeness (QED) is 0.803. The number of benzene rings is 1. The lowest BCUT2D eigenvalue weighted by molar-refractivity contribution is -0.127. The standard InChI is InChI=1S/C18H20N2O4S/c1-11-9-15(13(3)25-11)17(22)24-12(2)16(21)20-18(23)19-10-14-7-5-4-6-8-14/h4-9,12H,10H2,1-3H3,(H2,19,20,21,23)/t12-/m0/s1. The number of carbonyl (C=O) groups is 3. The third kappa shape index (κ3) is 5.42. The highest BCUT2D eigenvalue weighted by Crippen LogP contribution is 2.21. The van der Waals surface area contributed by atoms with Crippen molar-refractivity contribution in [1.29, 1.82) is 0 Å². The first-order valence-corrected chi connectivity index (χ1v) is 8.59. The molecule has 0 saturated carbocycles. The van der Waals surface area contributed by atoms with E-state index >= 15 is 0 Å². The van der Waals surface area contributed by atoms with E-state index in [1.54, 1.807) is 6.07 Å². The summed E-state index contributed by atoms with van der Waals surface area (Å²) < 4.78 is 5.13. The Morgan fingerprint density at radius 2 is 1.84 bits per heavy atom. The minimum absolute atomic E-state index is 0.293. The predicted molar refractivity (Wildman–Crippen MR) is 95.5 cm³/mol. The zero-order valence-electron chi connectivity index (χ0n) is 14.3. The Bertz CT molecular complexity index is 771. The summed E-state index contributed by atoms with van der Waals surface area (Å²) in [7, 11) is 0. The largest absolute Gasteiger partial charge is 0.449 e. The maximum Gasteiger partial charge on any atom is 0.340 e. The van der Waals surface area contributed by atoms with Gasteiger partial charge in [0.2, 0.25) is 0 Å². The summed E-state index contributed by atoms with van der Waals surface area (Å²) in [6.45, 7) is 5.42. The number of ether oxygens (including phenoxy) is 1. The first-order chi connectivity index (χ1) is 11.9. The van der Waals surface area contributed by atoms with Crippen molar-refractivity contribution in [2.75, 3.05) is 0 Å². The predicted octanol–water partition coefficient (Wildman–Crippen LogP) is 2.94. The van der Waals surface area contributed by atoms with Crippen molar-refractivity contribution < 1.29 is 19.1 Å². The van der Waals surface area contributed by atoms with Crippen molar-refractivity contribution >= 4 is 29.2 Å². The van der Waals surface area contributed by atoms with Crippen LogP contribution >= 0.6 is 11.3 Å². The molecule has 0 aliphatic rings. The zero-order valence-corrected chi connectivity index (χ0v) is 15.1. The van der Waals surface area contributed by atoms with Crippen molar-refractivity contribution in [3.05, 3.63) is 57.3 Å². The Morgan fingerprint density at radius 3 is 2.44 bits per heavy atom. The number of nitrogens with one attached hydrogen (secondary N) is 2. The molecule has 1 heterocycles. The van der Waals surface area contributed by atoms with Crippen LogP contribution in [0.2, 0.25) is 0 Å². The second kappa shape index (κ2) is 8.43. The molecule has 6 nitrogen and oxygen atoms in total. The normalized spacial score (nSPS) is 11.5. The smallest absolute Gasteiger partial charge is 0.340 e. The Hall–Kier alpha value is -2.67. The van der Waals surface area contributed by atoms with E-state index in [1.807, 2.05) is 44.2 Å². The van der Waals surface area contributed by atoms with Crippen LogP contribution in [0.25, 0.3) is 0 Å². The fraction of sp³-hybridized carbons (Fsp3) is 0.278. The second-order valence-electron chi connectivity index (χ2n) is 5.53. The van der Waals surface area contributed by atoms with Gasteiger partial charge in [-0.2, -0.15) is 0 Å². The fourth-order valence-electron chi connectivity index (χ4n) is 2.15. The van der Waals surface area contributed by atoms with Crippen LogP contribution in [0.15, 0.2) is 36.4 Å². The maximum atomic E-state index is 12.1. The zero-order chi connectivity index (χ0) is 18.4. The number of rotatable bonds is 5. The summed E-state index contributed by atoms with van der Waals surface area (Å²) >= 11 is 1.48. The highest BCUT2D eigenvalue weighted by atomic mass is 32.1. The van der Waals surface area contributed by atoms with Gasteiger partial charge in [0.15, 0.2) is 6.10 Å². The van der Waals surface area contributed by atoms with E-state index in [4.69, 9.17) is 4.74 Å². The summed E-state index contributed by atoms with van der Waals surface area (Å²) in [5.41, 5.74) is 1.35. The molecule has 0 fully saturated rings. The average molecular weight is 360 g/mol. The number of amides is 3. The molecule has 2 N–H and O–H groups in total. The van der Waals surface area contributed by atoms with E-state index in [0.717, 1.165) is 15.3 Å². The molecule has 0 saturated heterocycles. The lowest BCUT2D eigenvalue weighted by atomic mass is 10.2. The van der Waals surface area contributed by atoms with Crippen LogP contribution in [0.4, 0.5) is 4.79 Å². The highest BCUT2D eigenvalue weighted by molar-refractivity contribution is 7.12. The van der Waals surface area contributed by atoms with Crippen LogP contribution in [0.5, 0.6) is 0 Å². The van der Waals surface area contributed by atoms with Gasteiger partial charge in [0, 0.05) is 16.3 Å². The molecule has 25 heavy (non-hydrogen) atoms. The molecule has 132 valence electrons. The molecule has 2 aromatic rings. The van der Waals surface area contributed by atoms with Crippen LogP contribution in [0.3, 0.4) is 0 Å². The van der Waals surface area contributed by atoms with Gasteiger partial charge in [-0.05, 0) is 32.4 Å². The van der Waals surface area contributed by atoms with Gasteiger partial charge in [-0.1, -0.05) is 30.3 Å². The number of esters is 1. The first-order valence-electron chi connectivity index (χ1n) is 7.77. The lowest BCUT2D eigenvalue weighted by Crippen LogP contribution is -2.44.